The zero-order valence-electron chi connectivity index (χ0n) is 14.8. The van der Waals surface area contributed by atoms with Crippen molar-refractivity contribution in [3.63, 3.8) is 0 Å². The van der Waals surface area contributed by atoms with Crippen LogP contribution in [0, 0.1) is 16.2 Å². The van der Waals surface area contributed by atoms with Gasteiger partial charge < -0.3 is 11.5 Å². The van der Waals surface area contributed by atoms with E-state index in [2.05, 4.69) is 65.8 Å². The first kappa shape index (κ1) is 16.7. The normalized spacial score (nSPS) is 21.5. The van der Waals surface area contributed by atoms with Crippen LogP contribution in [-0.4, -0.2) is 0 Å². The van der Waals surface area contributed by atoms with Crippen LogP contribution in [0.1, 0.15) is 53.0 Å². The van der Waals surface area contributed by atoms with E-state index >= 15 is 0 Å². The summed E-state index contributed by atoms with van der Waals surface area (Å²) in [5, 5.41) is 0. The second-order valence-electron chi connectivity index (χ2n) is 8.52. The molecule has 2 nitrogen and oxygen atoms in total. The van der Waals surface area contributed by atoms with Crippen molar-refractivity contribution >= 4 is 5.69 Å². The summed E-state index contributed by atoms with van der Waals surface area (Å²) in [6.07, 6.45) is 6.59. The van der Waals surface area contributed by atoms with Gasteiger partial charge >= 0.3 is 0 Å². The average Bonchev–Trinajstić information content (AvgIpc) is 2.37. The van der Waals surface area contributed by atoms with Crippen molar-refractivity contribution in [3.05, 3.63) is 53.8 Å². The molecule has 0 bridgehead atoms. The van der Waals surface area contributed by atoms with E-state index in [1.807, 2.05) is 18.2 Å². The molecule has 0 saturated carbocycles. The number of nitrogens with two attached hydrogens (primary N) is 2. The third-order valence-electron chi connectivity index (χ3n) is 5.14. The standard InChI is InChI=1S/C20H30N2/c1-18(2,3)20(19(4,5)6)13-16(22)11-12-17(20)14-7-9-15(21)10-8-14/h7-13,17H,21-22H2,1-6H3. The number of rotatable bonds is 1. The smallest absolute Gasteiger partial charge is 0.0314 e. The van der Waals surface area contributed by atoms with E-state index < -0.39 is 0 Å². The van der Waals surface area contributed by atoms with Crippen LogP contribution >= 0.6 is 0 Å². The van der Waals surface area contributed by atoms with Crippen molar-refractivity contribution in [1.29, 1.82) is 0 Å². The topological polar surface area (TPSA) is 52.0 Å². The van der Waals surface area contributed by atoms with Crippen molar-refractivity contribution in [1.82, 2.24) is 0 Å². The predicted molar refractivity (Wildman–Crippen MR) is 96.3 cm³/mol. The summed E-state index contributed by atoms with van der Waals surface area (Å²) in [5.41, 5.74) is 15.1. The SMILES string of the molecule is CC(C)(C)C1(C(C)(C)C)C=C(N)C=CC1c1ccc(N)cc1. The quantitative estimate of drug-likeness (QED) is 0.729. The molecule has 1 aliphatic rings. The van der Waals surface area contributed by atoms with Crippen LogP contribution in [0.3, 0.4) is 0 Å². The van der Waals surface area contributed by atoms with Crippen molar-refractivity contribution in [2.24, 2.45) is 22.0 Å². The molecular formula is C20H30N2. The highest BCUT2D eigenvalue weighted by Gasteiger charge is 2.54. The molecule has 0 aliphatic heterocycles. The van der Waals surface area contributed by atoms with E-state index in [9.17, 15) is 0 Å². The number of allylic oxidation sites excluding steroid dienone is 3. The van der Waals surface area contributed by atoms with Crippen LogP contribution in [0.25, 0.3) is 0 Å². The third kappa shape index (κ3) is 2.55. The molecule has 0 aromatic heterocycles. The fourth-order valence-electron chi connectivity index (χ4n) is 4.33. The summed E-state index contributed by atoms with van der Waals surface area (Å²) in [6, 6.07) is 8.26. The second-order valence-corrected chi connectivity index (χ2v) is 8.52. The lowest BCUT2D eigenvalue weighted by Crippen LogP contribution is -2.50. The van der Waals surface area contributed by atoms with Crippen molar-refractivity contribution in [2.75, 3.05) is 5.73 Å². The highest BCUT2D eigenvalue weighted by atomic mass is 14.6. The number of benzene rings is 1. The molecule has 1 aromatic carbocycles. The fraction of sp³-hybridized carbons (Fsp3) is 0.500. The van der Waals surface area contributed by atoms with Crippen LogP contribution in [0.4, 0.5) is 5.69 Å². The Morgan fingerprint density at radius 3 is 1.82 bits per heavy atom. The van der Waals surface area contributed by atoms with Gasteiger partial charge in [-0.3, -0.25) is 0 Å². The summed E-state index contributed by atoms with van der Waals surface area (Å²) < 4.78 is 0. The Morgan fingerprint density at radius 2 is 1.36 bits per heavy atom. The van der Waals surface area contributed by atoms with Gasteiger partial charge in [-0.2, -0.15) is 0 Å². The molecule has 2 rings (SSSR count). The van der Waals surface area contributed by atoms with E-state index in [0.29, 0.717) is 0 Å². The molecule has 1 atom stereocenters. The molecule has 0 fully saturated rings. The first-order chi connectivity index (χ1) is 9.99. The van der Waals surface area contributed by atoms with Gasteiger partial charge in [0.1, 0.15) is 0 Å². The van der Waals surface area contributed by atoms with Crippen molar-refractivity contribution in [2.45, 2.75) is 47.5 Å². The van der Waals surface area contributed by atoms with Crippen LogP contribution in [0.15, 0.2) is 48.2 Å². The third-order valence-corrected chi connectivity index (χ3v) is 5.14. The fourth-order valence-corrected chi connectivity index (χ4v) is 4.33. The Balaban J connectivity index is 2.70. The zero-order chi connectivity index (χ0) is 16.8. The first-order valence-corrected chi connectivity index (χ1v) is 8.01. The van der Waals surface area contributed by atoms with Gasteiger partial charge in [-0.15, -0.1) is 0 Å². The van der Waals surface area contributed by atoms with Crippen LogP contribution < -0.4 is 11.5 Å². The van der Waals surface area contributed by atoms with E-state index in [1.165, 1.54) is 5.56 Å². The molecule has 120 valence electrons. The largest absolute Gasteiger partial charge is 0.399 e. The van der Waals surface area contributed by atoms with E-state index in [1.54, 1.807) is 0 Å². The zero-order valence-corrected chi connectivity index (χ0v) is 14.8. The predicted octanol–water partition coefficient (Wildman–Crippen LogP) is 4.84. The van der Waals surface area contributed by atoms with Crippen LogP contribution in [0.5, 0.6) is 0 Å². The summed E-state index contributed by atoms with van der Waals surface area (Å²) in [5.74, 6) is 0.278. The van der Waals surface area contributed by atoms with Gasteiger partial charge in [-0.05, 0) is 34.6 Å². The molecule has 1 aromatic rings. The maximum Gasteiger partial charge on any atom is 0.0314 e. The Bertz CT molecular complexity index is 578. The first-order valence-electron chi connectivity index (χ1n) is 8.01. The lowest BCUT2D eigenvalue weighted by Gasteiger charge is -2.57. The van der Waals surface area contributed by atoms with Crippen molar-refractivity contribution in [3.8, 4) is 0 Å². The highest BCUT2D eigenvalue weighted by Crippen LogP contribution is 2.62. The average molecular weight is 298 g/mol. The van der Waals surface area contributed by atoms with Gasteiger partial charge in [0.15, 0.2) is 0 Å². The Morgan fingerprint density at radius 1 is 0.864 bits per heavy atom. The van der Waals surface area contributed by atoms with Crippen LogP contribution in [-0.2, 0) is 0 Å². The second kappa shape index (κ2) is 5.19. The molecule has 2 heteroatoms. The minimum atomic E-state index is -0.0745. The van der Waals surface area contributed by atoms with E-state index in [4.69, 9.17) is 11.5 Å². The molecule has 0 saturated heterocycles. The minimum absolute atomic E-state index is 0.0622. The van der Waals surface area contributed by atoms with Gasteiger partial charge in [0.2, 0.25) is 0 Å². The number of nitrogen functional groups attached to an aromatic ring is 1. The van der Waals surface area contributed by atoms with E-state index in [-0.39, 0.29) is 22.2 Å². The van der Waals surface area contributed by atoms with Crippen LogP contribution in [0.2, 0.25) is 0 Å². The lowest BCUT2D eigenvalue weighted by atomic mass is 9.47. The molecule has 22 heavy (non-hydrogen) atoms. The molecule has 0 amide bonds. The molecular weight excluding hydrogens is 268 g/mol. The molecule has 0 spiro atoms. The molecule has 0 radical (unpaired) electrons. The van der Waals surface area contributed by atoms with Gasteiger partial charge in [0.05, 0.1) is 0 Å². The maximum absolute atomic E-state index is 6.22. The summed E-state index contributed by atoms with van der Waals surface area (Å²) in [6.45, 7) is 13.9. The highest BCUT2D eigenvalue weighted by molar-refractivity contribution is 5.45. The van der Waals surface area contributed by atoms with E-state index in [0.717, 1.165) is 11.4 Å². The van der Waals surface area contributed by atoms with Gasteiger partial charge in [0, 0.05) is 22.7 Å². The van der Waals surface area contributed by atoms with Gasteiger partial charge in [0.25, 0.3) is 0 Å². The monoisotopic (exact) mass is 298 g/mol. The summed E-state index contributed by atoms with van der Waals surface area (Å²) >= 11 is 0. The number of hydrogen-bond donors (Lipinski definition) is 2. The van der Waals surface area contributed by atoms with Crippen molar-refractivity contribution < 1.29 is 0 Å². The molecule has 1 unspecified atom stereocenters. The number of anilines is 1. The number of hydrogen-bond acceptors (Lipinski definition) is 2. The van der Waals surface area contributed by atoms with Gasteiger partial charge in [-0.25, -0.2) is 0 Å². The molecule has 0 heterocycles. The summed E-state index contributed by atoms with van der Waals surface area (Å²) in [4.78, 5) is 0. The van der Waals surface area contributed by atoms with Gasteiger partial charge in [-0.1, -0.05) is 65.8 Å². The molecule has 1 aliphatic carbocycles. The lowest BCUT2D eigenvalue weighted by molar-refractivity contribution is 0.00103. The molecule has 4 N–H and O–H groups in total. The Labute approximate surface area is 135 Å². The summed E-state index contributed by atoms with van der Waals surface area (Å²) in [7, 11) is 0. The Kier molecular flexibility index (Phi) is 3.93. The minimum Gasteiger partial charge on any atom is -0.399 e. The Hall–Kier alpha value is -1.70. The maximum atomic E-state index is 6.22.